The maximum atomic E-state index is 10.6. The number of ether oxygens (including phenoxy) is 1. The van der Waals surface area contributed by atoms with E-state index < -0.39 is 47.8 Å². The summed E-state index contributed by atoms with van der Waals surface area (Å²) in [4.78, 5) is 92.9. The normalized spacial score (nSPS) is 6.90. The van der Waals surface area contributed by atoms with Crippen LogP contribution in [0.25, 0.3) is 0 Å². The van der Waals surface area contributed by atoms with Crippen molar-refractivity contribution in [2.75, 3.05) is 6.61 Å². The van der Waals surface area contributed by atoms with E-state index in [0.29, 0.717) is 13.0 Å². The highest BCUT2D eigenvalue weighted by Gasteiger charge is 2.02. The molecular weight excluding hydrogens is 580 g/mol. The molecule has 250 valence electrons. The monoisotopic (exact) mass is 624 g/mol. The van der Waals surface area contributed by atoms with Crippen LogP contribution in [0, 0.1) is 0 Å². The second-order valence-electron chi connectivity index (χ2n) is 6.16. The third kappa shape index (κ3) is 4770. The van der Waals surface area contributed by atoms with Crippen LogP contribution in [0.4, 0.5) is 0 Å². The maximum Gasteiger partial charge on any atom is 0.306 e. The summed E-state index contributed by atoms with van der Waals surface area (Å²) in [5, 5.41) is 59.3. The molecule has 0 aliphatic carbocycles. The number of hydrogen-bond acceptors (Lipinski definition) is 11. The van der Waals surface area contributed by atoms with Crippen LogP contribution in [-0.4, -0.2) is 107 Å². The Morgan fingerprint density at radius 2 is 0.524 bits per heavy atom. The van der Waals surface area contributed by atoms with E-state index in [1.165, 1.54) is 6.92 Å². The van der Waals surface area contributed by atoms with Crippen molar-refractivity contribution in [3.63, 3.8) is 0 Å². The Bertz CT molecular complexity index is 594. The summed E-state index contributed by atoms with van der Waals surface area (Å²) in [7, 11) is 0. The second-order valence-corrected chi connectivity index (χ2v) is 6.16. The molecule has 0 fully saturated rings. The summed E-state index contributed by atoms with van der Waals surface area (Å²) in [6.07, 6.45) is 0.502. The third-order valence-corrected chi connectivity index (χ3v) is 0.987. The van der Waals surface area contributed by atoms with E-state index in [4.69, 9.17) is 79.2 Å². The number of ketones is 1. The molecule has 0 aromatic carbocycles. The van der Waals surface area contributed by atoms with Crippen LogP contribution in [0.1, 0.15) is 82.1 Å². The van der Waals surface area contributed by atoms with Gasteiger partial charge in [0.1, 0.15) is 5.78 Å². The largest absolute Gasteiger partial charge is 0.481 e. The van der Waals surface area contributed by atoms with Crippen molar-refractivity contribution >= 4 is 59.5 Å². The van der Waals surface area contributed by atoms with Crippen molar-refractivity contribution in [3.8, 4) is 0 Å². The number of esters is 1. The van der Waals surface area contributed by atoms with Gasteiger partial charge in [0.05, 0.1) is 13.0 Å². The van der Waals surface area contributed by atoms with Crippen molar-refractivity contribution < 1.29 is 93.5 Å². The van der Waals surface area contributed by atoms with Gasteiger partial charge < -0.3 is 50.4 Å². The van der Waals surface area contributed by atoms with Crippen LogP contribution in [-0.2, 0) is 52.7 Å². The summed E-state index contributed by atoms with van der Waals surface area (Å²) in [6, 6.07) is 0. The van der Waals surface area contributed by atoms with Gasteiger partial charge >= 0.3 is 5.97 Å². The highest BCUT2D eigenvalue weighted by molar-refractivity contribution is 5.80. The molecule has 19 heteroatoms. The summed E-state index contributed by atoms with van der Waals surface area (Å²) < 4.78 is 4.60. The fourth-order valence-electron chi connectivity index (χ4n) is 0.511. The van der Waals surface area contributed by atoms with Crippen molar-refractivity contribution in [1.82, 2.24) is 0 Å². The summed E-state index contributed by atoms with van der Waals surface area (Å²) >= 11 is 0. The smallest absolute Gasteiger partial charge is 0.306 e. The number of hydrogen-bond donors (Lipinski definition) is 8. The zero-order valence-electron chi connectivity index (χ0n) is 25.2. The standard InChI is InChI=1S/C7H12O3.8C2H4O2/c1-3-10-7(9)5-4-6(2)8;8*1-2(3)4/h3-5H2,1-2H3;8*1H3,(H,3,4). The summed E-state index contributed by atoms with van der Waals surface area (Å²) in [5.41, 5.74) is 0. The molecule has 19 nitrogen and oxygen atoms in total. The first-order valence-corrected chi connectivity index (χ1v) is 10.7. The van der Waals surface area contributed by atoms with Gasteiger partial charge in [-0.2, -0.15) is 0 Å². The minimum atomic E-state index is -0.833. The molecule has 0 aliphatic heterocycles. The second kappa shape index (κ2) is 52.4. The number of carboxylic acid groups (broad SMARTS) is 8. The average molecular weight is 625 g/mol. The van der Waals surface area contributed by atoms with Crippen LogP contribution in [0.2, 0.25) is 0 Å². The molecule has 0 unspecified atom stereocenters. The van der Waals surface area contributed by atoms with Crippen molar-refractivity contribution in [2.24, 2.45) is 0 Å². The Kier molecular flexibility index (Phi) is 76.2. The van der Waals surface area contributed by atoms with Gasteiger partial charge in [-0.3, -0.25) is 43.2 Å². The zero-order valence-corrected chi connectivity index (χ0v) is 25.2. The highest BCUT2D eigenvalue weighted by atomic mass is 16.5. The lowest BCUT2D eigenvalue weighted by atomic mass is 10.2. The third-order valence-electron chi connectivity index (χ3n) is 0.987. The molecule has 0 amide bonds. The molecule has 0 rings (SSSR count). The number of carboxylic acids is 8. The molecule has 0 aliphatic rings. The molecule has 0 spiro atoms. The van der Waals surface area contributed by atoms with E-state index in [2.05, 4.69) is 4.74 Å². The number of carbonyl (C=O) groups is 10. The van der Waals surface area contributed by atoms with Crippen LogP contribution in [0.5, 0.6) is 0 Å². The topological polar surface area (TPSA) is 342 Å². The highest BCUT2D eigenvalue weighted by Crippen LogP contribution is 1.92. The van der Waals surface area contributed by atoms with Crippen molar-refractivity contribution in [2.45, 2.75) is 82.1 Å². The van der Waals surface area contributed by atoms with Gasteiger partial charge in [0, 0.05) is 61.8 Å². The first kappa shape index (κ1) is 61.1. The molecule has 0 heterocycles. The number of rotatable bonds is 4. The van der Waals surface area contributed by atoms with Crippen molar-refractivity contribution in [3.05, 3.63) is 0 Å². The van der Waals surface area contributed by atoms with E-state index in [1.807, 2.05) is 0 Å². The lowest BCUT2D eigenvalue weighted by Crippen LogP contribution is -2.05. The van der Waals surface area contributed by atoms with Gasteiger partial charge in [-0.15, -0.1) is 0 Å². The Morgan fingerprint density at radius 1 is 0.381 bits per heavy atom. The molecule has 8 N–H and O–H groups in total. The van der Waals surface area contributed by atoms with E-state index in [1.54, 1.807) is 6.92 Å². The van der Waals surface area contributed by atoms with E-state index >= 15 is 0 Å². The fraction of sp³-hybridized carbons (Fsp3) is 0.565. The molecule has 0 saturated carbocycles. The molecule has 0 aromatic heterocycles. The summed E-state index contributed by atoms with van der Waals surface area (Å²) in [5.74, 6) is -6.94. The zero-order chi connectivity index (χ0) is 36.6. The lowest BCUT2D eigenvalue weighted by Gasteiger charge is -1.97. The van der Waals surface area contributed by atoms with E-state index in [0.717, 1.165) is 55.4 Å². The first-order chi connectivity index (χ1) is 18.5. The minimum absolute atomic E-state index is 0.0213. The molecular formula is C23H44O19. The van der Waals surface area contributed by atoms with Gasteiger partial charge in [-0.1, -0.05) is 0 Å². The van der Waals surface area contributed by atoms with Gasteiger partial charge in [0.25, 0.3) is 47.8 Å². The quantitative estimate of drug-likeness (QED) is 0.206. The minimum Gasteiger partial charge on any atom is -0.481 e. The Morgan fingerprint density at radius 3 is 0.619 bits per heavy atom. The number of Topliss-reactive ketones (excluding diaryl/α,β-unsaturated/α-hetero) is 1. The molecule has 0 bridgehead atoms. The Balaban J connectivity index is -0.0000000430. The lowest BCUT2D eigenvalue weighted by molar-refractivity contribution is -0.144. The summed E-state index contributed by atoms with van der Waals surface area (Å²) in [6.45, 7) is 12.3. The fourth-order valence-corrected chi connectivity index (χ4v) is 0.511. The van der Waals surface area contributed by atoms with Crippen LogP contribution < -0.4 is 0 Å². The van der Waals surface area contributed by atoms with Gasteiger partial charge in [-0.25, -0.2) is 0 Å². The van der Waals surface area contributed by atoms with Crippen LogP contribution >= 0.6 is 0 Å². The van der Waals surface area contributed by atoms with Crippen LogP contribution in [0.3, 0.4) is 0 Å². The van der Waals surface area contributed by atoms with Crippen molar-refractivity contribution in [1.29, 1.82) is 0 Å². The van der Waals surface area contributed by atoms with Gasteiger partial charge in [0.15, 0.2) is 0 Å². The number of aliphatic carboxylic acids is 8. The molecule has 0 atom stereocenters. The predicted molar refractivity (Wildman–Crippen MR) is 143 cm³/mol. The predicted octanol–water partition coefficient (Wildman–Crippen LogP) is 1.65. The molecule has 42 heavy (non-hydrogen) atoms. The van der Waals surface area contributed by atoms with E-state index in [9.17, 15) is 9.59 Å². The molecule has 0 aromatic rings. The van der Waals surface area contributed by atoms with E-state index in [-0.39, 0.29) is 18.2 Å². The first-order valence-electron chi connectivity index (χ1n) is 10.7. The maximum absolute atomic E-state index is 10.6. The van der Waals surface area contributed by atoms with Crippen LogP contribution in [0.15, 0.2) is 0 Å². The average Bonchev–Trinajstić information content (AvgIpc) is 2.63. The number of carbonyl (C=O) groups excluding carboxylic acids is 2. The Labute approximate surface area is 242 Å². The molecule has 0 saturated heterocycles. The molecule has 0 radical (unpaired) electrons. The Hall–Kier alpha value is -5.10. The van der Waals surface area contributed by atoms with Gasteiger partial charge in [-0.05, 0) is 13.8 Å². The SMILES string of the molecule is CC(=O)O.CC(=O)O.CC(=O)O.CC(=O)O.CC(=O)O.CC(=O)O.CC(=O)O.CC(=O)O.CCOC(=O)CCC(C)=O. The van der Waals surface area contributed by atoms with Gasteiger partial charge in [0.2, 0.25) is 0 Å².